The van der Waals surface area contributed by atoms with E-state index in [0.29, 0.717) is 19.5 Å². The largest absolute Gasteiger partial charge is 0.337 e. The smallest absolute Gasteiger partial charge is 0.261 e. The van der Waals surface area contributed by atoms with Gasteiger partial charge >= 0.3 is 0 Å². The molecule has 3 rings (SSSR count). The predicted molar refractivity (Wildman–Crippen MR) is 68.6 cm³/mol. The number of imide groups is 1. The molecule has 1 aromatic carbocycles. The van der Waals surface area contributed by atoms with Crippen molar-refractivity contribution in [2.75, 3.05) is 6.54 Å². The zero-order valence-electron chi connectivity index (χ0n) is 10.6. The molecule has 0 spiro atoms. The number of aromatic nitrogens is 2. The lowest BCUT2D eigenvalue weighted by Crippen LogP contribution is -2.31. The van der Waals surface area contributed by atoms with Crippen LogP contribution in [0.4, 0.5) is 4.39 Å². The van der Waals surface area contributed by atoms with Crippen LogP contribution in [0.15, 0.2) is 36.9 Å². The Bertz CT molecular complexity index is 667. The molecule has 2 heterocycles. The van der Waals surface area contributed by atoms with Gasteiger partial charge in [-0.1, -0.05) is 0 Å². The number of rotatable bonds is 4. The SMILES string of the molecule is O=C1c2ccc(F)cc2C(=O)N1CCCn1ccnc1. The third-order valence-electron chi connectivity index (χ3n) is 3.29. The molecule has 0 aliphatic carbocycles. The van der Waals surface area contributed by atoms with Crippen molar-refractivity contribution in [3.63, 3.8) is 0 Å². The van der Waals surface area contributed by atoms with E-state index >= 15 is 0 Å². The van der Waals surface area contributed by atoms with Gasteiger partial charge in [0.05, 0.1) is 17.5 Å². The van der Waals surface area contributed by atoms with Gasteiger partial charge in [-0.2, -0.15) is 0 Å². The predicted octanol–water partition coefficient (Wildman–Crippen LogP) is 1.71. The van der Waals surface area contributed by atoms with Crippen molar-refractivity contribution >= 4 is 11.8 Å². The van der Waals surface area contributed by atoms with Crippen LogP contribution in [0.1, 0.15) is 27.1 Å². The number of carbonyl (C=O) groups is 2. The molecule has 0 atom stereocenters. The van der Waals surface area contributed by atoms with Gasteiger partial charge in [0.25, 0.3) is 11.8 Å². The van der Waals surface area contributed by atoms with Gasteiger partial charge in [-0.15, -0.1) is 0 Å². The second-order valence-electron chi connectivity index (χ2n) is 4.61. The quantitative estimate of drug-likeness (QED) is 0.797. The molecule has 0 N–H and O–H groups in total. The fourth-order valence-corrected chi connectivity index (χ4v) is 2.30. The van der Waals surface area contributed by atoms with E-state index in [0.717, 1.165) is 6.07 Å². The Morgan fingerprint density at radius 3 is 2.65 bits per heavy atom. The Morgan fingerprint density at radius 1 is 1.10 bits per heavy atom. The first-order valence-corrected chi connectivity index (χ1v) is 6.28. The molecule has 0 unspecified atom stereocenters. The average Bonchev–Trinajstić information content (AvgIpc) is 3.02. The molecule has 2 aromatic rings. The molecular formula is C14H12FN3O2. The van der Waals surface area contributed by atoms with Crippen molar-refractivity contribution < 1.29 is 14.0 Å². The number of fused-ring (bicyclic) bond motifs is 1. The number of carbonyl (C=O) groups excluding carboxylic acids is 2. The third kappa shape index (κ3) is 2.09. The first-order valence-electron chi connectivity index (χ1n) is 6.28. The van der Waals surface area contributed by atoms with Crippen LogP contribution in [0.25, 0.3) is 0 Å². The molecule has 0 radical (unpaired) electrons. The number of benzene rings is 1. The summed E-state index contributed by atoms with van der Waals surface area (Å²) in [6.07, 6.45) is 5.80. The Balaban J connectivity index is 1.70. The van der Waals surface area contributed by atoms with Gasteiger partial charge in [-0.25, -0.2) is 9.37 Å². The minimum atomic E-state index is -0.509. The average molecular weight is 273 g/mol. The van der Waals surface area contributed by atoms with Crippen molar-refractivity contribution in [3.8, 4) is 0 Å². The summed E-state index contributed by atoms with van der Waals surface area (Å²) >= 11 is 0. The minimum Gasteiger partial charge on any atom is -0.337 e. The van der Waals surface area contributed by atoms with Crippen LogP contribution in [0.2, 0.25) is 0 Å². The van der Waals surface area contributed by atoms with Crippen LogP contribution in [-0.4, -0.2) is 32.8 Å². The zero-order valence-corrected chi connectivity index (χ0v) is 10.6. The highest BCUT2D eigenvalue weighted by molar-refractivity contribution is 6.21. The molecule has 0 bridgehead atoms. The number of halogens is 1. The lowest BCUT2D eigenvalue weighted by Gasteiger charge is -2.13. The zero-order chi connectivity index (χ0) is 14.1. The number of imidazole rings is 1. The molecule has 2 amide bonds. The van der Waals surface area contributed by atoms with Crippen LogP contribution >= 0.6 is 0 Å². The molecule has 0 fully saturated rings. The van der Waals surface area contributed by atoms with Crippen LogP contribution in [0.5, 0.6) is 0 Å². The van der Waals surface area contributed by atoms with Gasteiger partial charge in [0, 0.05) is 25.5 Å². The molecule has 20 heavy (non-hydrogen) atoms. The summed E-state index contributed by atoms with van der Waals surface area (Å²) in [6.45, 7) is 0.980. The van der Waals surface area contributed by atoms with Crippen molar-refractivity contribution in [1.29, 1.82) is 0 Å². The standard InChI is InChI=1S/C14H12FN3O2/c15-10-2-3-11-12(8-10)14(20)18(13(11)19)6-1-5-17-7-4-16-9-17/h2-4,7-9H,1,5-6H2. The number of hydrogen-bond acceptors (Lipinski definition) is 3. The summed E-state index contributed by atoms with van der Waals surface area (Å²) in [5, 5.41) is 0. The van der Waals surface area contributed by atoms with Gasteiger partial charge in [-0.3, -0.25) is 14.5 Å². The Hall–Kier alpha value is -2.50. The summed E-state index contributed by atoms with van der Waals surface area (Å²) in [4.78, 5) is 29.2. The number of nitrogens with zero attached hydrogens (tertiary/aromatic N) is 3. The van der Waals surface area contributed by atoms with E-state index < -0.39 is 11.7 Å². The number of amides is 2. The normalized spacial score (nSPS) is 13.9. The fourth-order valence-electron chi connectivity index (χ4n) is 2.30. The third-order valence-corrected chi connectivity index (χ3v) is 3.29. The summed E-state index contributed by atoms with van der Waals surface area (Å²) < 4.78 is 15.0. The van der Waals surface area contributed by atoms with Gasteiger partial charge < -0.3 is 4.57 Å². The topological polar surface area (TPSA) is 55.2 Å². The maximum atomic E-state index is 13.1. The minimum absolute atomic E-state index is 0.151. The van der Waals surface area contributed by atoms with Gasteiger partial charge in [0.15, 0.2) is 0 Å². The Kier molecular flexibility index (Phi) is 3.06. The van der Waals surface area contributed by atoms with Crippen LogP contribution in [0.3, 0.4) is 0 Å². The summed E-state index contributed by atoms with van der Waals surface area (Å²) in [6, 6.07) is 3.67. The summed E-state index contributed by atoms with van der Waals surface area (Å²) in [7, 11) is 0. The van der Waals surface area contributed by atoms with E-state index in [1.54, 1.807) is 12.5 Å². The monoisotopic (exact) mass is 273 g/mol. The van der Waals surface area contributed by atoms with Gasteiger partial charge in [0.2, 0.25) is 0 Å². The Morgan fingerprint density at radius 2 is 1.90 bits per heavy atom. The van der Waals surface area contributed by atoms with Crippen LogP contribution in [-0.2, 0) is 6.54 Å². The van der Waals surface area contributed by atoms with E-state index in [2.05, 4.69) is 4.98 Å². The maximum Gasteiger partial charge on any atom is 0.261 e. The van der Waals surface area contributed by atoms with Gasteiger partial charge in [0.1, 0.15) is 5.82 Å². The summed E-state index contributed by atoms with van der Waals surface area (Å²) in [5.41, 5.74) is 0.427. The first kappa shape index (κ1) is 12.5. The van der Waals surface area contributed by atoms with E-state index in [4.69, 9.17) is 0 Å². The van der Waals surface area contributed by atoms with Crippen LogP contribution in [0, 0.1) is 5.82 Å². The van der Waals surface area contributed by atoms with E-state index in [-0.39, 0.29) is 17.0 Å². The van der Waals surface area contributed by atoms with Crippen molar-refractivity contribution in [2.45, 2.75) is 13.0 Å². The fraction of sp³-hybridized carbons (Fsp3) is 0.214. The number of aryl methyl sites for hydroxylation is 1. The lowest BCUT2D eigenvalue weighted by atomic mass is 10.1. The van der Waals surface area contributed by atoms with Crippen molar-refractivity contribution in [1.82, 2.24) is 14.5 Å². The molecular weight excluding hydrogens is 261 g/mol. The molecule has 102 valence electrons. The van der Waals surface area contributed by atoms with Gasteiger partial charge in [-0.05, 0) is 24.6 Å². The molecule has 0 saturated heterocycles. The second kappa shape index (κ2) is 4.88. The highest BCUT2D eigenvalue weighted by Gasteiger charge is 2.35. The summed E-state index contributed by atoms with van der Waals surface area (Å²) in [5.74, 6) is -1.28. The van der Waals surface area contributed by atoms with E-state index in [1.165, 1.54) is 17.0 Å². The second-order valence-corrected chi connectivity index (χ2v) is 4.61. The maximum absolute atomic E-state index is 13.1. The lowest BCUT2D eigenvalue weighted by molar-refractivity contribution is 0.0650. The molecule has 5 nitrogen and oxygen atoms in total. The number of hydrogen-bond donors (Lipinski definition) is 0. The Labute approximate surface area is 114 Å². The van der Waals surface area contributed by atoms with Crippen LogP contribution < -0.4 is 0 Å². The highest BCUT2D eigenvalue weighted by Crippen LogP contribution is 2.23. The molecule has 0 saturated carbocycles. The molecule has 1 aromatic heterocycles. The highest BCUT2D eigenvalue weighted by atomic mass is 19.1. The molecule has 6 heteroatoms. The van der Waals surface area contributed by atoms with E-state index in [1.807, 2.05) is 10.8 Å². The van der Waals surface area contributed by atoms with E-state index in [9.17, 15) is 14.0 Å². The molecule has 1 aliphatic heterocycles. The van der Waals surface area contributed by atoms with Crippen molar-refractivity contribution in [2.24, 2.45) is 0 Å². The molecule has 1 aliphatic rings. The first-order chi connectivity index (χ1) is 9.66. The van der Waals surface area contributed by atoms with Crippen molar-refractivity contribution in [3.05, 3.63) is 53.9 Å².